The minimum absolute atomic E-state index is 0.203. The Morgan fingerprint density at radius 2 is 1.58 bits per heavy atom. The quantitative estimate of drug-likeness (QED) is 0.646. The molecule has 162 valence electrons. The Labute approximate surface area is 182 Å². The molecule has 3 amide bonds. The van der Waals surface area contributed by atoms with Crippen molar-refractivity contribution in [2.45, 2.75) is 31.7 Å². The minimum atomic E-state index is -0.866. The van der Waals surface area contributed by atoms with Gasteiger partial charge < -0.3 is 9.64 Å². The van der Waals surface area contributed by atoms with Crippen molar-refractivity contribution in [3.05, 3.63) is 71.3 Å². The molecule has 6 heteroatoms. The first-order chi connectivity index (χ1) is 15.1. The van der Waals surface area contributed by atoms with Crippen molar-refractivity contribution < 1.29 is 19.1 Å². The van der Waals surface area contributed by atoms with E-state index < -0.39 is 17.9 Å². The van der Waals surface area contributed by atoms with Crippen LogP contribution in [0.25, 0.3) is 0 Å². The van der Waals surface area contributed by atoms with Gasteiger partial charge in [0.2, 0.25) is 5.91 Å². The largest absolute Gasteiger partial charge is 0.381 e. The van der Waals surface area contributed by atoms with Crippen molar-refractivity contribution in [3.8, 4) is 0 Å². The van der Waals surface area contributed by atoms with Crippen LogP contribution >= 0.6 is 0 Å². The summed E-state index contributed by atoms with van der Waals surface area (Å²) in [4.78, 5) is 42.5. The molecule has 1 saturated heterocycles. The van der Waals surface area contributed by atoms with Crippen LogP contribution in [0.1, 0.15) is 45.5 Å². The van der Waals surface area contributed by atoms with Crippen LogP contribution in [0.15, 0.2) is 54.6 Å². The monoisotopic (exact) mass is 420 g/mol. The summed E-state index contributed by atoms with van der Waals surface area (Å²) in [6, 6.07) is 15.4. The highest BCUT2D eigenvalue weighted by Crippen LogP contribution is 2.27. The first-order valence-electron chi connectivity index (χ1n) is 10.9. The molecule has 2 aliphatic heterocycles. The van der Waals surface area contributed by atoms with Crippen LogP contribution in [0, 0.1) is 5.92 Å². The molecule has 6 nitrogen and oxygen atoms in total. The van der Waals surface area contributed by atoms with Gasteiger partial charge in [-0.1, -0.05) is 42.5 Å². The van der Waals surface area contributed by atoms with E-state index >= 15 is 0 Å². The van der Waals surface area contributed by atoms with Crippen LogP contribution in [0.2, 0.25) is 0 Å². The summed E-state index contributed by atoms with van der Waals surface area (Å²) in [5.74, 6) is -0.457. The van der Waals surface area contributed by atoms with Crippen molar-refractivity contribution >= 4 is 17.7 Å². The number of hydrogen-bond donors (Lipinski definition) is 0. The van der Waals surface area contributed by atoms with E-state index in [4.69, 9.17) is 4.74 Å². The van der Waals surface area contributed by atoms with Crippen LogP contribution < -0.4 is 0 Å². The predicted molar refractivity (Wildman–Crippen MR) is 117 cm³/mol. The molecule has 2 aliphatic rings. The third-order valence-electron chi connectivity index (χ3n) is 6.28. The molecule has 0 aromatic heterocycles. The van der Waals surface area contributed by atoms with Crippen LogP contribution in [-0.2, 0) is 16.0 Å². The maximum atomic E-state index is 13.5. The first kappa shape index (κ1) is 21.2. The highest BCUT2D eigenvalue weighted by molar-refractivity contribution is 6.22. The molecule has 2 aromatic rings. The van der Waals surface area contributed by atoms with E-state index in [0.29, 0.717) is 30.0 Å². The summed E-state index contributed by atoms with van der Waals surface area (Å²) < 4.78 is 5.42. The summed E-state index contributed by atoms with van der Waals surface area (Å²) in [5.41, 5.74) is 1.64. The molecule has 31 heavy (non-hydrogen) atoms. The number of amides is 3. The Morgan fingerprint density at radius 1 is 1.00 bits per heavy atom. The molecule has 2 aromatic carbocycles. The van der Waals surface area contributed by atoms with E-state index in [0.717, 1.165) is 42.9 Å². The molecule has 1 unspecified atom stereocenters. The number of likely N-dealkylation sites (N-methyl/N-ethyl adjacent to an activating group) is 1. The average Bonchev–Trinajstić information content (AvgIpc) is 3.07. The van der Waals surface area contributed by atoms with Crippen molar-refractivity contribution in [1.82, 2.24) is 9.80 Å². The number of hydrogen-bond acceptors (Lipinski definition) is 4. The number of imide groups is 1. The lowest BCUT2D eigenvalue weighted by atomic mass is 9.96. The van der Waals surface area contributed by atoms with E-state index in [1.54, 1.807) is 36.2 Å². The van der Waals surface area contributed by atoms with Crippen LogP contribution in [0.4, 0.5) is 0 Å². The smallest absolute Gasteiger partial charge is 0.262 e. The lowest BCUT2D eigenvalue weighted by molar-refractivity contribution is -0.134. The van der Waals surface area contributed by atoms with Crippen LogP contribution in [-0.4, -0.2) is 60.4 Å². The number of nitrogens with zero attached hydrogens (tertiary/aromatic N) is 2. The number of carbonyl (C=O) groups is 3. The van der Waals surface area contributed by atoms with Crippen molar-refractivity contribution in [1.29, 1.82) is 0 Å². The molecule has 0 aliphatic carbocycles. The molecule has 0 radical (unpaired) electrons. The Morgan fingerprint density at radius 3 is 2.19 bits per heavy atom. The fourth-order valence-electron chi connectivity index (χ4n) is 4.39. The van der Waals surface area contributed by atoms with Crippen LogP contribution in [0.5, 0.6) is 0 Å². The Balaban J connectivity index is 1.55. The van der Waals surface area contributed by atoms with E-state index in [-0.39, 0.29) is 5.91 Å². The SMILES string of the molecule is CN(CCC1CCOCC1)C(=O)C(Cc1ccccc1)N1C(=O)c2ccccc2C1=O. The summed E-state index contributed by atoms with van der Waals surface area (Å²) in [6.45, 7) is 2.14. The van der Waals surface area contributed by atoms with Gasteiger partial charge in [-0.15, -0.1) is 0 Å². The molecule has 0 N–H and O–H groups in total. The van der Waals surface area contributed by atoms with Gasteiger partial charge in [0, 0.05) is 33.2 Å². The maximum absolute atomic E-state index is 13.5. The van der Waals surface area contributed by atoms with Gasteiger partial charge >= 0.3 is 0 Å². The number of benzene rings is 2. The molecule has 0 bridgehead atoms. The normalized spacial score (nSPS) is 17.5. The number of carbonyl (C=O) groups excluding carboxylic acids is 3. The number of fused-ring (bicyclic) bond motifs is 1. The first-order valence-corrected chi connectivity index (χ1v) is 10.9. The van der Waals surface area contributed by atoms with E-state index in [2.05, 4.69) is 0 Å². The van der Waals surface area contributed by atoms with Gasteiger partial charge in [0.15, 0.2) is 0 Å². The second-order valence-corrected chi connectivity index (χ2v) is 8.34. The minimum Gasteiger partial charge on any atom is -0.381 e. The van der Waals surface area contributed by atoms with E-state index in [1.807, 2.05) is 30.3 Å². The third kappa shape index (κ3) is 4.54. The van der Waals surface area contributed by atoms with E-state index in [1.165, 1.54) is 0 Å². The van der Waals surface area contributed by atoms with Gasteiger partial charge in [-0.25, -0.2) is 0 Å². The fraction of sp³-hybridized carbons (Fsp3) is 0.400. The zero-order valence-electron chi connectivity index (χ0n) is 17.8. The second kappa shape index (κ2) is 9.43. The van der Waals surface area contributed by atoms with Crippen molar-refractivity contribution in [2.24, 2.45) is 5.92 Å². The lowest BCUT2D eigenvalue weighted by Gasteiger charge is -2.31. The second-order valence-electron chi connectivity index (χ2n) is 8.34. The maximum Gasteiger partial charge on any atom is 0.262 e. The zero-order valence-corrected chi connectivity index (χ0v) is 17.8. The zero-order chi connectivity index (χ0) is 21.8. The molecule has 1 fully saturated rings. The Hall–Kier alpha value is -2.99. The summed E-state index contributed by atoms with van der Waals surface area (Å²) >= 11 is 0. The van der Waals surface area contributed by atoms with E-state index in [9.17, 15) is 14.4 Å². The number of rotatable bonds is 7. The van der Waals surface area contributed by atoms with Gasteiger partial charge in [-0.05, 0) is 42.9 Å². The van der Waals surface area contributed by atoms with Gasteiger partial charge in [-0.3, -0.25) is 19.3 Å². The summed E-state index contributed by atoms with van der Waals surface area (Å²) in [7, 11) is 1.76. The molecular formula is C25H28N2O4. The molecular weight excluding hydrogens is 392 g/mol. The fourth-order valence-corrected chi connectivity index (χ4v) is 4.39. The van der Waals surface area contributed by atoms with Gasteiger partial charge in [0.1, 0.15) is 6.04 Å². The number of ether oxygens (including phenoxy) is 1. The van der Waals surface area contributed by atoms with Crippen molar-refractivity contribution in [2.75, 3.05) is 26.8 Å². The molecule has 0 spiro atoms. The molecule has 4 rings (SSSR count). The third-order valence-corrected chi connectivity index (χ3v) is 6.28. The van der Waals surface area contributed by atoms with Crippen molar-refractivity contribution in [3.63, 3.8) is 0 Å². The molecule has 0 saturated carbocycles. The molecule has 2 heterocycles. The molecule has 1 atom stereocenters. The summed E-state index contributed by atoms with van der Waals surface area (Å²) in [5, 5.41) is 0. The average molecular weight is 421 g/mol. The van der Waals surface area contributed by atoms with Gasteiger partial charge in [0.25, 0.3) is 11.8 Å². The lowest BCUT2D eigenvalue weighted by Crippen LogP contribution is -2.51. The van der Waals surface area contributed by atoms with Crippen LogP contribution in [0.3, 0.4) is 0 Å². The van der Waals surface area contributed by atoms with Gasteiger partial charge in [0.05, 0.1) is 11.1 Å². The standard InChI is InChI=1S/C25H28N2O4/c1-26(14-11-18-12-15-31-16-13-18)25(30)22(17-19-7-3-2-4-8-19)27-23(28)20-9-5-6-10-21(20)24(27)29/h2-10,18,22H,11-17H2,1H3. The highest BCUT2D eigenvalue weighted by Gasteiger charge is 2.43. The Kier molecular flexibility index (Phi) is 6.47. The van der Waals surface area contributed by atoms with Gasteiger partial charge in [-0.2, -0.15) is 0 Å². The predicted octanol–water partition coefficient (Wildman–Crippen LogP) is 3.17. The Bertz CT molecular complexity index is 918. The topological polar surface area (TPSA) is 66.9 Å². The summed E-state index contributed by atoms with van der Waals surface area (Å²) in [6.07, 6.45) is 3.21. The highest BCUT2D eigenvalue weighted by atomic mass is 16.5.